The molecule has 3 aromatic rings. The Morgan fingerprint density at radius 1 is 0.625 bits per heavy atom. The van der Waals surface area contributed by atoms with E-state index in [0.717, 1.165) is 16.7 Å². The van der Waals surface area contributed by atoms with E-state index >= 15 is 0 Å². The minimum absolute atomic E-state index is 0.283. The van der Waals surface area contributed by atoms with Crippen LogP contribution in [0, 0.1) is 0 Å². The van der Waals surface area contributed by atoms with Crippen LogP contribution in [0.5, 0.6) is 0 Å². The average molecular weight is 433 g/mol. The summed E-state index contributed by atoms with van der Waals surface area (Å²) in [6, 6.07) is 29.5. The van der Waals surface area contributed by atoms with Crippen LogP contribution >= 0.6 is 0 Å². The summed E-state index contributed by atoms with van der Waals surface area (Å²) in [5.41, 5.74) is 3.03. The Labute approximate surface area is 188 Å². The Morgan fingerprint density at radius 3 is 1.50 bits per heavy atom. The van der Waals surface area contributed by atoms with Crippen molar-refractivity contribution in [3.63, 3.8) is 0 Å². The fourth-order valence-corrected chi connectivity index (χ4v) is 3.76. The largest absolute Gasteiger partial charge is 0.458 e. The molecule has 1 aliphatic rings. The molecule has 5 nitrogen and oxygen atoms in total. The highest BCUT2D eigenvalue weighted by molar-refractivity contribution is 5.77. The van der Waals surface area contributed by atoms with Crippen LogP contribution in [0.15, 0.2) is 91.0 Å². The van der Waals surface area contributed by atoms with Crippen LogP contribution in [-0.2, 0) is 43.6 Å². The number of hydrogen-bond donors (Lipinski definition) is 0. The molecule has 0 N–H and O–H groups in total. The van der Waals surface area contributed by atoms with Gasteiger partial charge in [0.2, 0.25) is 0 Å². The van der Waals surface area contributed by atoms with Crippen LogP contribution in [0.25, 0.3) is 0 Å². The molecule has 1 fully saturated rings. The van der Waals surface area contributed by atoms with E-state index in [-0.39, 0.29) is 6.61 Å². The molecule has 0 saturated carbocycles. The van der Waals surface area contributed by atoms with Crippen LogP contribution in [-0.4, -0.2) is 30.4 Å². The number of rotatable bonds is 9. The molecule has 4 rings (SSSR count). The lowest BCUT2D eigenvalue weighted by Crippen LogP contribution is -2.57. The van der Waals surface area contributed by atoms with Gasteiger partial charge in [0.25, 0.3) is 0 Å². The van der Waals surface area contributed by atoms with Crippen molar-refractivity contribution in [3.8, 4) is 0 Å². The lowest BCUT2D eigenvalue weighted by molar-refractivity contribution is -0.230. The maximum Gasteiger partial charge on any atom is 0.338 e. The smallest absolute Gasteiger partial charge is 0.338 e. The van der Waals surface area contributed by atoms with Gasteiger partial charge in [-0.2, -0.15) is 0 Å². The molecule has 4 atom stereocenters. The van der Waals surface area contributed by atoms with Crippen molar-refractivity contribution in [2.24, 2.45) is 0 Å². The molecule has 0 amide bonds. The van der Waals surface area contributed by atoms with Gasteiger partial charge in [-0.3, -0.25) is 0 Å². The third kappa shape index (κ3) is 5.82. The van der Waals surface area contributed by atoms with Gasteiger partial charge in [0.1, 0.15) is 18.3 Å². The maximum atomic E-state index is 12.8. The number of carbonyl (C=O) groups is 1. The first-order valence-corrected chi connectivity index (χ1v) is 10.9. The quantitative estimate of drug-likeness (QED) is 0.459. The predicted molar refractivity (Wildman–Crippen MR) is 121 cm³/mol. The van der Waals surface area contributed by atoms with Gasteiger partial charge in [-0.1, -0.05) is 91.0 Å². The second-order valence-electron chi connectivity index (χ2n) is 7.88. The highest BCUT2D eigenvalue weighted by Crippen LogP contribution is 2.27. The zero-order chi connectivity index (χ0) is 22.2. The number of hydrogen-bond acceptors (Lipinski definition) is 5. The average Bonchev–Trinajstić information content (AvgIpc) is 2.83. The van der Waals surface area contributed by atoms with E-state index in [4.69, 9.17) is 18.9 Å². The summed E-state index contributed by atoms with van der Waals surface area (Å²) in [5.74, 6) is -0.425. The van der Waals surface area contributed by atoms with Crippen LogP contribution < -0.4 is 0 Å². The van der Waals surface area contributed by atoms with E-state index in [1.54, 1.807) is 0 Å². The SMILES string of the molecule is CC1OC(=O)C(OCc2ccccc2)C(OCc2ccccc2)C1OCc1ccccc1. The summed E-state index contributed by atoms with van der Waals surface area (Å²) >= 11 is 0. The Balaban J connectivity index is 1.51. The number of ether oxygens (including phenoxy) is 4. The summed E-state index contributed by atoms with van der Waals surface area (Å²) in [5, 5.41) is 0. The van der Waals surface area contributed by atoms with Gasteiger partial charge in [-0.25, -0.2) is 4.79 Å². The van der Waals surface area contributed by atoms with Crippen molar-refractivity contribution < 1.29 is 23.7 Å². The molecule has 166 valence electrons. The standard InChI is InChI=1S/C27H28O5/c1-20-24(29-17-21-11-5-2-6-12-21)25(30-18-22-13-7-3-8-14-22)26(27(28)32-20)31-19-23-15-9-4-10-16-23/h2-16,20,24-26H,17-19H2,1H3. The number of cyclic esters (lactones) is 1. The topological polar surface area (TPSA) is 54.0 Å². The summed E-state index contributed by atoms with van der Waals surface area (Å²) < 4.78 is 24.1. The summed E-state index contributed by atoms with van der Waals surface area (Å²) in [6.45, 7) is 2.86. The molecular formula is C27H28O5. The molecule has 0 radical (unpaired) electrons. The van der Waals surface area contributed by atoms with Crippen molar-refractivity contribution in [1.29, 1.82) is 0 Å². The Hall–Kier alpha value is -2.99. The minimum atomic E-state index is -0.879. The van der Waals surface area contributed by atoms with Crippen molar-refractivity contribution in [3.05, 3.63) is 108 Å². The van der Waals surface area contributed by atoms with E-state index in [0.29, 0.717) is 13.2 Å². The summed E-state index contributed by atoms with van der Waals surface area (Å²) in [4.78, 5) is 12.8. The van der Waals surface area contributed by atoms with E-state index < -0.39 is 30.4 Å². The molecule has 4 unspecified atom stereocenters. The fraction of sp³-hybridized carbons (Fsp3) is 0.296. The number of benzene rings is 3. The van der Waals surface area contributed by atoms with Crippen molar-refractivity contribution in [2.45, 2.75) is 51.2 Å². The molecular weight excluding hydrogens is 404 g/mol. The van der Waals surface area contributed by atoms with E-state index in [1.807, 2.05) is 97.9 Å². The fourth-order valence-electron chi connectivity index (χ4n) is 3.76. The minimum Gasteiger partial charge on any atom is -0.458 e. The molecule has 0 aromatic heterocycles. The van der Waals surface area contributed by atoms with Gasteiger partial charge < -0.3 is 18.9 Å². The molecule has 0 aliphatic carbocycles. The van der Waals surface area contributed by atoms with Crippen LogP contribution in [0.2, 0.25) is 0 Å². The van der Waals surface area contributed by atoms with Crippen molar-refractivity contribution in [2.75, 3.05) is 0 Å². The first-order valence-electron chi connectivity index (χ1n) is 10.9. The lowest BCUT2D eigenvalue weighted by atomic mass is 9.99. The third-order valence-corrected chi connectivity index (χ3v) is 5.46. The Bertz CT molecular complexity index is 961. The number of esters is 1. The molecule has 5 heteroatoms. The molecule has 1 heterocycles. The van der Waals surface area contributed by atoms with Gasteiger partial charge >= 0.3 is 5.97 Å². The molecule has 1 aliphatic heterocycles. The Morgan fingerprint density at radius 2 is 1.03 bits per heavy atom. The van der Waals surface area contributed by atoms with Crippen molar-refractivity contribution >= 4 is 5.97 Å². The zero-order valence-electron chi connectivity index (χ0n) is 18.1. The van der Waals surface area contributed by atoms with Crippen molar-refractivity contribution in [1.82, 2.24) is 0 Å². The van der Waals surface area contributed by atoms with Gasteiger partial charge in [-0.05, 0) is 23.6 Å². The zero-order valence-corrected chi connectivity index (χ0v) is 18.1. The van der Waals surface area contributed by atoms with E-state index in [9.17, 15) is 4.79 Å². The van der Waals surface area contributed by atoms with Gasteiger partial charge in [0, 0.05) is 0 Å². The van der Waals surface area contributed by atoms with E-state index in [1.165, 1.54) is 0 Å². The summed E-state index contributed by atoms with van der Waals surface area (Å²) in [7, 11) is 0. The van der Waals surface area contributed by atoms with Gasteiger partial charge in [0.05, 0.1) is 19.8 Å². The Kier molecular flexibility index (Phi) is 7.67. The normalized spacial score (nSPS) is 23.0. The lowest BCUT2D eigenvalue weighted by Gasteiger charge is -2.40. The third-order valence-electron chi connectivity index (χ3n) is 5.46. The van der Waals surface area contributed by atoms with Gasteiger partial charge in [-0.15, -0.1) is 0 Å². The van der Waals surface area contributed by atoms with Crippen LogP contribution in [0.1, 0.15) is 23.6 Å². The monoisotopic (exact) mass is 432 g/mol. The molecule has 32 heavy (non-hydrogen) atoms. The molecule has 3 aromatic carbocycles. The predicted octanol–water partition coefficient (Wildman–Crippen LogP) is 4.69. The maximum absolute atomic E-state index is 12.8. The number of carbonyl (C=O) groups excluding carboxylic acids is 1. The van der Waals surface area contributed by atoms with Gasteiger partial charge in [0.15, 0.2) is 6.10 Å². The van der Waals surface area contributed by atoms with Crippen LogP contribution in [0.4, 0.5) is 0 Å². The van der Waals surface area contributed by atoms with Crippen LogP contribution in [0.3, 0.4) is 0 Å². The highest BCUT2D eigenvalue weighted by atomic mass is 16.6. The first-order chi connectivity index (χ1) is 15.7. The van der Waals surface area contributed by atoms with E-state index in [2.05, 4.69) is 0 Å². The second-order valence-corrected chi connectivity index (χ2v) is 7.88. The summed E-state index contributed by atoms with van der Waals surface area (Å²) in [6.07, 6.45) is -2.39. The highest BCUT2D eigenvalue weighted by Gasteiger charge is 2.47. The first kappa shape index (κ1) is 22.2. The second kappa shape index (κ2) is 11.0. The molecule has 1 saturated heterocycles. The molecule has 0 bridgehead atoms. The molecule has 0 spiro atoms.